The zero-order chi connectivity index (χ0) is 9.10. The summed E-state index contributed by atoms with van der Waals surface area (Å²) in [5.74, 6) is 1.42. The van der Waals surface area contributed by atoms with E-state index in [1.54, 1.807) is 0 Å². The third kappa shape index (κ3) is 2.11. The number of carbonyl (C=O) groups excluding carboxylic acids is 1. The molecule has 2 fully saturated rings. The second-order valence-electron chi connectivity index (χ2n) is 4.41. The standard InChI is InChI=1S/C11H19NO/c13-11(9-3-1-4-9)10-5-2-7-12-8-6-10/h9-10,12H,1-8H2. The molecule has 1 saturated carbocycles. The first-order chi connectivity index (χ1) is 6.38. The summed E-state index contributed by atoms with van der Waals surface area (Å²) >= 11 is 0. The highest BCUT2D eigenvalue weighted by Gasteiger charge is 2.30. The molecule has 0 radical (unpaired) electrons. The minimum atomic E-state index is 0.389. The Morgan fingerprint density at radius 2 is 1.62 bits per heavy atom. The van der Waals surface area contributed by atoms with Gasteiger partial charge in [0, 0.05) is 11.8 Å². The third-order valence-electron chi connectivity index (χ3n) is 3.49. The minimum absolute atomic E-state index is 0.389. The van der Waals surface area contributed by atoms with Gasteiger partial charge >= 0.3 is 0 Å². The molecule has 1 atom stereocenters. The number of rotatable bonds is 2. The van der Waals surface area contributed by atoms with Crippen molar-refractivity contribution in [2.45, 2.75) is 38.5 Å². The molecule has 1 unspecified atom stereocenters. The van der Waals surface area contributed by atoms with Crippen LogP contribution in [0.25, 0.3) is 0 Å². The van der Waals surface area contributed by atoms with Gasteiger partial charge in [-0.1, -0.05) is 6.42 Å². The SMILES string of the molecule is O=C(C1CCC1)C1CCCNCC1. The Kier molecular flexibility index (Phi) is 2.99. The molecule has 0 aromatic heterocycles. The predicted octanol–water partition coefficient (Wildman–Crippen LogP) is 1.75. The molecule has 2 aliphatic rings. The first kappa shape index (κ1) is 9.20. The lowest BCUT2D eigenvalue weighted by atomic mass is 9.76. The van der Waals surface area contributed by atoms with E-state index in [-0.39, 0.29) is 0 Å². The number of carbonyl (C=O) groups is 1. The monoisotopic (exact) mass is 181 g/mol. The first-order valence-electron chi connectivity index (χ1n) is 5.62. The summed E-state index contributed by atoms with van der Waals surface area (Å²) in [6.07, 6.45) is 7.01. The molecule has 1 heterocycles. The lowest BCUT2D eigenvalue weighted by Gasteiger charge is -2.27. The molecule has 1 saturated heterocycles. The van der Waals surface area contributed by atoms with Gasteiger partial charge < -0.3 is 5.32 Å². The highest BCUT2D eigenvalue weighted by atomic mass is 16.1. The lowest BCUT2D eigenvalue weighted by Crippen LogP contribution is -2.29. The smallest absolute Gasteiger partial charge is 0.139 e. The number of hydrogen-bond donors (Lipinski definition) is 1. The van der Waals surface area contributed by atoms with Crippen LogP contribution in [-0.4, -0.2) is 18.9 Å². The largest absolute Gasteiger partial charge is 0.317 e. The van der Waals surface area contributed by atoms with E-state index in [0.29, 0.717) is 17.6 Å². The third-order valence-corrected chi connectivity index (χ3v) is 3.49. The van der Waals surface area contributed by atoms with Gasteiger partial charge in [-0.2, -0.15) is 0 Å². The zero-order valence-corrected chi connectivity index (χ0v) is 8.22. The van der Waals surface area contributed by atoms with E-state index >= 15 is 0 Å². The van der Waals surface area contributed by atoms with Crippen LogP contribution >= 0.6 is 0 Å². The Hall–Kier alpha value is -0.370. The van der Waals surface area contributed by atoms with Crippen molar-refractivity contribution >= 4 is 5.78 Å². The highest BCUT2D eigenvalue weighted by molar-refractivity contribution is 5.84. The van der Waals surface area contributed by atoms with Gasteiger partial charge in [-0.3, -0.25) is 4.79 Å². The molecule has 0 aromatic rings. The van der Waals surface area contributed by atoms with Crippen LogP contribution in [0, 0.1) is 11.8 Å². The fourth-order valence-corrected chi connectivity index (χ4v) is 2.33. The van der Waals surface area contributed by atoms with E-state index < -0.39 is 0 Å². The van der Waals surface area contributed by atoms with Gasteiger partial charge in [0.1, 0.15) is 5.78 Å². The Balaban J connectivity index is 1.85. The van der Waals surface area contributed by atoms with Crippen molar-refractivity contribution in [1.29, 1.82) is 0 Å². The van der Waals surface area contributed by atoms with Gasteiger partial charge in [0.25, 0.3) is 0 Å². The predicted molar refractivity (Wildman–Crippen MR) is 52.6 cm³/mol. The number of nitrogens with one attached hydrogen (secondary N) is 1. The van der Waals surface area contributed by atoms with E-state index in [4.69, 9.17) is 0 Å². The molecular weight excluding hydrogens is 162 g/mol. The second-order valence-corrected chi connectivity index (χ2v) is 4.41. The van der Waals surface area contributed by atoms with Crippen LogP contribution in [0.4, 0.5) is 0 Å². The number of Topliss-reactive ketones (excluding diaryl/α,β-unsaturated/α-hetero) is 1. The minimum Gasteiger partial charge on any atom is -0.317 e. The van der Waals surface area contributed by atoms with E-state index in [1.165, 1.54) is 25.7 Å². The van der Waals surface area contributed by atoms with Crippen LogP contribution in [-0.2, 0) is 4.79 Å². The molecule has 1 aliphatic carbocycles. The summed E-state index contributed by atoms with van der Waals surface area (Å²) in [4.78, 5) is 11.9. The average Bonchev–Trinajstić information content (AvgIpc) is 2.27. The summed E-state index contributed by atoms with van der Waals surface area (Å²) < 4.78 is 0. The van der Waals surface area contributed by atoms with Gasteiger partial charge in [-0.15, -0.1) is 0 Å². The molecule has 0 amide bonds. The molecule has 0 spiro atoms. The van der Waals surface area contributed by atoms with Crippen molar-refractivity contribution in [3.8, 4) is 0 Å². The molecule has 2 rings (SSSR count). The van der Waals surface area contributed by atoms with E-state index in [1.807, 2.05) is 0 Å². The summed E-state index contributed by atoms with van der Waals surface area (Å²) in [5.41, 5.74) is 0. The molecule has 0 aromatic carbocycles. The van der Waals surface area contributed by atoms with Crippen molar-refractivity contribution in [3.05, 3.63) is 0 Å². The van der Waals surface area contributed by atoms with Crippen LogP contribution in [0.5, 0.6) is 0 Å². The molecule has 0 bridgehead atoms. The molecular formula is C11H19NO. The van der Waals surface area contributed by atoms with Gasteiger partial charge in [-0.25, -0.2) is 0 Å². The quantitative estimate of drug-likeness (QED) is 0.703. The summed E-state index contributed by atoms with van der Waals surface area (Å²) in [6.45, 7) is 2.15. The van der Waals surface area contributed by atoms with Crippen molar-refractivity contribution < 1.29 is 4.79 Å². The Labute approximate surface area is 80.1 Å². The van der Waals surface area contributed by atoms with Gasteiger partial charge in [0.05, 0.1) is 0 Å². The van der Waals surface area contributed by atoms with Gasteiger partial charge in [-0.05, 0) is 45.2 Å². The molecule has 2 nitrogen and oxygen atoms in total. The van der Waals surface area contributed by atoms with Crippen LogP contribution in [0.15, 0.2) is 0 Å². The maximum Gasteiger partial charge on any atom is 0.139 e. The number of hydrogen-bond acceptors (Lipinski definition) is 2. The molecule has 74 valence electrons. The van der Waals surface area contributed by atoms with Gasteiger partial charge in [0.2, 0.25) is 0 Å². The maximum absolute atomic E-state index is 11.9. The Morgan fingerprint density at radius 1 is 0.923 bits per heavy atom. The normalized spacial score (nSPS) is 30.6. The fraction of sp³-hybridized carbons (Fsp3) is 0.909. The summed E-state index contributed by atoms with van der Waals surface area (Å²) in [5, 5.41) is 3.35. The first-order valence-corrected chi connectivity index (χ1v) is 5.62. The lowest BCUT2D eigenvalue weighted by molar-refractivity contribution is -0.129. The molecule has 13 heavy (non-hydrogen) atoms. The molecule has 2 heteroatoms. The van der Waals surface area contributed by atoms with E-state index in [0.717, 1.165) is 25.9 Å². The maximum atomic E-state index is 11.9. The zero-order valence-electron chi connectivity index (χ0n) is 8.22. The van der Waals surface area contributed by atoms with Crippen molar-refractivity contribution in [1.82, 2.24) is 5.32 Å². The van der Waals surface area contributed by atoms with Crippen LogP contribution in [0.2, 0.25) is 0 Å². The number of ketones is 1. The fourth-order valence-electron chi connectivity index (χ4n) is 2.33. The van der Waals surface area contributed by atoms with Crippen LogP contribution in [0.1, 0.15) is 38.5 Å². The van der Waals surface area contributed by atoms with Crippen molar-refractivity contribution in [2.24, 2.45) is 11.8 Å². The van der Waals surface area contributed by atoms with Crippen molar-refractivity contribution in [3.63, 3.8) is 0 Å². The van der Waals surface area contributed by atoms with Crippen LogP contribution < -0.4 is 5.32 Å². The summed E-state index contributed by atoms with van der Waals surface area (Å²) in [6, 6.07) is 0. The topological polar surface area (TPSA) is 29.1 Å². The van der Waals surface area contributed by atoms with E-state index in [9.17, 15) is 4.79 Å². The summed E-state index contributed by atoms with van der Waals surface area (Å²) in [7, 11) is 0. The molecule has 1 aliphatic heterocycles. The van der Waals surface area contributed by atoms with Gasteiger partial charge in [0.15, 0.2) is 0 Å². The highest BCUT2D eigenvalue weighted by Crippen LogP contribution is 2.32. The van der Waals surface area contributed by atoms with Crippen LogP contribution in [0.3, 0.4) is 0 Å². The van der Waals surface area contributed by atoms with Crippen molar-refractivity contribution in [2.75, 3.05) is 13.1 Å². The second kappa shape index (κ2) is 4.23. The van der Waals surface area contributed by atoms with E-state index in [2.05, 4.69) is 5.32 Å². The Bertz CT molecular complexity index is 179. The molecule has 1 N–H and O–H groups in total. The average molecular weight is 181 g/mol. The Morgan fingerprint density at radius 3 is 2.31 bits per heavy atom.